The molecule has 0 spiro atoms. The van der Waals surface area contributed by atoms with Crippen LogP contribution in [-0.2, 0) is 11.2 Å². The van der Waals surface area contributed by atoms with Crippen LogP contribution in [0.3, 0.4) is 0 Å². The number of methoxy groups -OCH3 is 1. The van der Waals surface area contributed by atoms with Crippen molar-refractivity contribution < 1.29 is 9.53 Å². The van der Waals surface area contributed by atoms with Gasteiger partial charge in [0.05, 0.1) is 24.6 Å². The molecule has 7 heteroatoms. The van der Waals surface area contributed by atoms with Gasteiger partial charge in [-0.25, -0.2) is 9.97 Å². The van der Waals surface area contributed by atoms with Gasteiger partial charge in [0.2, 0.25) is 5.91 Å². The van der Waals surface area contributed by atoms with E-state index in [9.17, 15) is 4.79 Å². The Morgan fingerprint density at radius 1 is 0.917 bits per heavy atom. The lowest BCUT2D eigenvalue weighted by Gasteiger charge is -2.36. The van der Waals surface area contributed by atoms with Gasteiger partial charge in [0.1, 0.15) is 11.4 Å². The maximum absolute atomic E-state index is 13.2. The largest absolute Gasteiger partial charge is 0.497 e. The summed E-state index contributed by atoms with van der Waals surface area (Å²) < 4.78 is 5.36. The van der Waals surface area contributed by atoms with Crippen LogP contribution in [-0.4, -0.2) is 59.0 Å². The van der Waals surface area contributed by atoms with Crippen molar-refractivity contribution in [3.8, 4) is 17.0 Å². The Morgan fingerprint density at radius 3 is 2.39 bits per heavy atom. The number of hydrogen-bond acceptors (Lipinski definition) is 5. The van der Waals surface area contributed by atoms with Crippen molar-refractivity contribution in [2.75, 3.05) is 38.2 Å². The number of carbonyl (C=O) groups is 1. The van der Waals surface area contributed by atoms with Crippen LogP contribution in [0.5, 0.6) is 5.75 Å². The molecule has 0 unspecified atom stereocenters. The van der Waals surface area contributed by atoms with Gasteiger partial charge in [-0.1, -0.05) is 42.5 Å². The Balaban J connectivity index is 1.21. The van der Waals surface area contributed by atoms with E-state index in [1.807, 2.05) is 71.8 Å². The molecule has 1 aliphatic rings. The Hall–Kier alpha value is -4.39. The van der Waals surface area contributed by atoms with Crippen molar-refractivity contribution in [3.63, 3.8) is 0 Å². The van der Waals surface area contributed by atoms with E-state index >= 15 is 0 Å². The van der Waals surface area contributed by atoms with Gasteiger partial charge >= 0.3 is 0 Å². The molecule has 0 bridgehead atoms. The molecule has 1 fully saturated rings. The fourth-order valence-corrected chi connectivity index (χ4v) is 4.87. The number of aromatic nitrogens is 3. The summed E-state index contributed by atoms with van der Waals surface area (Å²) in [7, 11) is 1.65. The quantitative estimate of drug-likeness (QED) is 0.398. The molecule has 36 heavy (non-hydrogen) atoms. The topological polar surface area (TPSA) is 74.4 Å². The Labute approximate surface area is 209 Å². The van der Waals surface area contributed by atoms with Gasteiger partial charge in [-0.2, -0.15) is 0 Å². The van der Waals surface area contributed by atoms with Crippen molar-refractivity contribution >= 4 is 33.7 Å². The summed E-state index contributed by atoms with van der Waals surface area (Å²) in [6.45, 7) is 2.71. The fourth-order valence-electron chi connectivity index (χ4n) is 4.87. The minimum atomic E-state index is 0.131. The highest BCUT2D eigenvalue weighted by Crippen LogP contribution is 2.30. The van der Waals surface area contributed by atoms with Gasteiger partial charge in [-0.15, -0.1) is 0 Å². The lowest BCUT2D eigenvalue weighted by molar-refractivity contribution is -0.130. The molecular formula is C29H27N5O2. The first-order valence-corrected chi connectivity index (χ1v) is 12.2. The number of carbonyl (C=O) groups excluding carboxylic acids is 1. The summed E-state index contributed by atoms with van der Waals surface area (Å²) in [5.41, 5.74) is 5.67. The number of nitrogens with one attached hydrogen (secondary N) is 1. The highest BCUT2D eigenvalue weighted by atomic mass is 16.5. The van der Waals surface area contributed by atoms with Crippen LogP contribution in [0.4, 0.5) is 5.82 Å². The number of H-pyrrole nitrogens is 1. The smallest absolute Gasteiger partial charge is 0.227 e. The zero-order valence-electron chi connectivity index (χ0n) is 20.1. The predicted molar refractivity (Wildman–Crippen MR) is 142 cm³/mol. The summed E-state index contributed by atoms with van der Waals surface area (Å²) in [6.07, 6.45) is 2.28. The minimum Gasteiger partial charge on any atom is -0.497 e. The van der Waals surface area contributed by atoms with Gasteiger partial charge < -0.3 is 19.5 Å². The number of aromatic amines is 1. The summed E-state index contributed by atoms with van der Waals surface area (Å²) in [5, 5.41) is 1.03. The zero-order chi connectivity index (χ0) is 24.5. The number of hydrogen-bond donors (Lipinski definition) is 1. The molecule has 3 heterocycles. The third kappa shape index (κ3) is 4.13. The molecular weight excluding hydrogens is 450 g/mol. The zero-order valence-corrected chi connectivity index (χ0v) is 20.1. The van der Waals surface area contributed by atoms with E-state index in [0.29, 0.717) is 32.6 Å². The molecule has 6 rings (SSSR count). The molecule has 0 aliphatic carbocycles. The Kier molecular flexibility index (Phi) is 5.73. The number of piperazine rings is 1. The molecule has 1 aliphatic heterocycles. The molecule has 7 nitrogen and oxygen atoms in total. The number of benzene rings is 3. The Morgan fingerprint density at radius 2 is 1.64 bits per heavy atom. The van der Waals surface area contributed by atoms with E-state index in [1.54, 1.807) is 7.11 Å². The number of anilines is 1. The van der Waals surface area contributed by atoms with E-state index in [0.717, 1.165) is 50.3 Å². The molecule has 5 aromatic rings. The molecule has 0 atom stereocenters. The minimum absolute atomic E-state index is 0.131. The average Bonchev–Trinajstić information content (AvgIpc) is 3.34. The van der Waals surface area contributed by atoms with E-state index in [-0.39, 0.29) is 5.91 Å². The van der Waals surface area contributed by atoms with Gasteiger partial charge in [-0.05, 0) is 35.9 Å². The standard InChI is InChI=1S/C29H27N5O2/c1-36-22-11-12-24-23(18-22)21(19-30-24)17-27(35)33-13-15-34(16-14-33)29-28(20-7-3-2-4-8-20)31-25-9-5-6-10-26(25)32-29/h2-12,18-19,30H,13-17H2,1H3. The highest BCUT2D eigenvalue weighted by molar-refractivity contribution is 5.90. The van der Waals surface area contributed by atoms with Crippen molar-refractivity contribution in [2.24, 2.45) is 0 Å². The first-order valence-electron chi connectivity index (χ1n) is 12.2. The summed E-state index contributed by atoms with van der Waals surface area (Å²) in [6, 6.07) is 24.0. The molecule has 3 aromatic carbocycles. The van der Waals surface area contributed by atoms with Crippen molar-refractivity contribution in [3.05, 3.63) is 84.6 Å². The monoisotopic (exact) mass is 477 g/mol. The first kappa shape index (κ1) is 22.1. The van der Waals surface area contributed by atoms with Crippen LogP contribution < -0.4 is 9.64 Å². The van der Waals surface area contributed by atoms with Crippen LogP contribution in [0, 0.1) is 0 Å². The molecule has 0 radical (unpaired) electrons. The van der Waals surface area contributed by atoms with E-state index in [4.69, 9.17) is 14.7 Å². The van der Waals surface area contributed by atoms with E-state index in [2.05, 4.69) is 22.0 Å². The number of rotatable bonds is 5. The SMILES string of the molecule is COc1ccc2[nH]cc(CC(=O)N3CCN(c4nc5ccccc5nc4-c4ccccc4)CC3)c2c1. The maximum atomic E-state index is 13.2. The van der Waals surface area contributed by atoms with Crippen LogP contribution >= 0.6 is 0 Å². The van der Waals surface area contributed by atoms with Gasteiger partial charge in [0.15, 0.2) is 5.82 Å². The highest BCUT2D eigenvalue weighted by Gasteiger charge is 2.25. The normalized spacial score (nSPS) is 13.9. The third-order valence-corrected chi connectivity index (χ3v) is 6.85. The van der Waals surface area contributed by atoms with Gasteiger partial charge in [0.25, 0.3) is 0 Å². The summed E-state index contributed by atoms with van der Waals surface area (Å²) >= 11 is 0. The van der Waals surface area contributed by atoms with Gasteiger partial charge in [-0.3, -0.25) is 4.79 Å². The second-order valence-electron chi connectivity index (χ2n) is 9.02. The number of fused-ring (bicyclic) bond motifs is 2. The number of ether oxygens (including phenoxy) is 1. The second-order valence-corrected chi connectivity index (χ2v) is 9.02. The Bertz CT molecular complexity index is 1540. The molecule has 1 N–H and O–H groups in total. The van der Waals surface area contributed by atoms with Crippen molar-refractivity contribution in [1.29, 1.82) is 0 Å². The molecule has 2 aromatic heterocycles. The molecule has 1 amide bonds. The second kappa shape index (κ2) is 9.34. The van der Waals surface area contributed by atoms with Crippen molar-refractivity contribution in [2.45, 2.75) is 6.42 Å². The number of amides is 1. The maximum Gasteiger partial charge on any atom is 0.227 e. The number of para-hydroxylation sites is 2. The molecule has 180 valence electrons. The average molecular weight is 478 g/mol. The van der Waals surface area contributed by atoms with E-state index in [1.165, 1.54) is 0 Å². The lowest BCUT2D eigenvalue weighted by atomic mass is 10.1. The predicted octanol–water partition coefficient (Wildman–Crippen LogP) is 4.68. The summed E-state index contributed by atoms with van der Waals surface area (Å²) in [4.78, 5) is 30.6. The third-order valence-electron chi connectivity index (χ3n) is 6.85. The van der Waals surface area contributed by atoms with Gasteiger partial charge in [0, 0.05) is 48.8 Å². The summed E-state index contributed by atoms with van der Waals surface area (Å²) in [5.74, 6) is 1.79. The van der Waals surface area contributed by atoms with E-state index < -0.39 is 0 Å². The first-order chi connectivity index (χ1) is 17.7. The fraction of sp³-hybridized carbons (Fsp3) is 0.207. The lowest BCUT2D eigenvalue weighted by Crippen LogP contribution is -2.49. The molecule has 1 saturated heterocycles. The van der Waals surface area contributed by atoms with Crippen molar-refractivity contribution in [1.82, 2.24) is 19.9 Å². The number of nitrogens with zero attached hydrogens (tertiary/aromatic N) is 4. The van der Waals surface area contributed by atoms with Crippen LogP contribution in [0.25, 0.3) is 33.2 Å². The molecule has 0 saturated carbocycles. The van der Waals surface area contributed by atoms with Crippen LogP contribution in [0.1, 0.15) is 5.56 Å². The van der Waals surface area contributed by atoms with Crippen LogP contribution in [0.2, 0.25) is 0 Å². The van der Waals surface area contributed by atoms with Crippen LogP contribution in [0.15, 0.2) is 79.0 Å².